The van der Waals surface area contributed by atoms with Gasteiger partial charge in [-0.15, -0.1) is 0 Å². The number of hydrogen-bond donors (Lipinski definition) is 1. The standard InChI is InChI=1S/C13H17N3O4/c1-8-5-14-11(9(2)13(8)16(19)20)6-15(7-12(17)18)10-3-4-10/h5,10H,3-4,6-7H2,1-2H3,(H,17,18). The highest BCUT2D eigenvalue weighted by Crippen LogP contribution is 2.30. The number of aromatic nitrogens is 1. The molecule has 1 N–H and O–H groups in total. The van der Waals surface area contributed by atoms with Crippen LogP contribution in [0, 0.1) is 24.0 Å². The van der Waals surface area contributed by atoms with E-state index in [1.165, 1.54) is 6.20 Å². The van der Waals surface area contributed by atoms with Crippen molar-refractivity contribution >= 4 is 11.7 Å². The van der Waals surface area contributed by atoms with Crippen molar-refractivity contribution in [3.05, 3.63) is 33.1 Å². The number of aliphatic carboxylic acids is 1. The number of hydrogen-bond acceptors (Lipinski definition) is 5. The number of carboxylic acids is 1. The molecule has 1 aromatic heterocycles. The minimum atomic E-state index is -0.892. The predicted octanol–water partition coefficient (Wildman–Crippen LogP) is 1.66. The molecule has 1 aliphatic rings. The number of nitro groups is 1. The van der Waals surface area contributed by atoms with Crippen LogP contribution in [0.2, 0.25) is 0 Å². The minimum Gasteiger partial charge on any atom is -0.480 e. The molecule has 0 atom stereocenters. The van der Waals surface area contributed by atoms with Crippen LogP contribution in [0.4, 0.5) is 5.69 Å². The van der Waals surface area contributed by atoms with Crippen LogP contribution >= 0.6 is 0 Å². The Labute approximate surface area is 116 Å². The lowest BCUT2D eigenvalue weighted by Gasteiger charge is -2.20. The molecule has 0 radical (unpaired) electrons. The Bertz CT molecular complexity index is 555. The Hall–Kier alpha value is -2.02. The summed E-state index contributed by atoms with van der Waals surface area (Å²) in [7, 11) is 0. The minimum absolute atomic E-state index is 0.0620. The highest BCUT2D eigenvalue weighted by atomic mass is 16.6. The van der Waals surface area contributed by atoms with Crippen molar-refractivity contribution in [2.75, 3.05) is 6.54 Å². The van der Waals surface area contributed by atoms with Crippen molar-refractivity contribution in [2.45, 2.75) is 39.3 Å². The fourth-order valence-electron chi connectivity index (χ4n) is 2.33. The Balaban J connectivity index is 2.26. The number of aryl methyl sites for hydroxylation is 1. The molecule has 1 heterocycles. The van der Waals surface area contributed by atoms with Crippen LogP contribution in [0.25, 0.3) is 0 Å². The second kappa shape index (κ2) is 5.54. The van der Waals surface area contributed by atoms with Gasteiger partial charge in [0.1, 0.15) is 0 Å². The molecule has 1 saturated carbocycles. The van der Waals surface area contributed by atoms with Crippen LogP contribution in [0.15, 0.2) is 6.20 Å². The molecule has 0 aliphatic heterocycles. The number of carbonyl (C=O) groups is 1. The lowest BCUT2D eigenvalue weighted by Crippen LogP contribution is -2.32. The van der Waals surface area contributed by atoms with Crippen LogP contribution in [0.3, 0.4) is 0 Å². The van der Waals surface area contributed by atoms with Gasteiger partial charge in [0.15, 0.2) is 0 Å². The van der Waals surface area contributed by atoms with E-state index >= 15 is 0 Å². The molecule has 2 rings (SSSR count). The van der Waals surface area contributed by atoms with Gasteiger partial charge < -0.3 is 5.11 Å². The van der Waals surface area contributed by atoms with Crippen molar-refractivity contribution in [2.24, 2.45) is 0 Å². The van der Waals surface area contributed by atoms with Crippen molar-refractivity contribution in [3.63, 3.8) is 0 Å². The zero-order valence-corrected chi connectivity index (χ0v) is 11.5. The molecule has 0 unspecified atom stereocenters. The topological polar surface area (TPSA) is 96.6 Å². The smallest absolute Gasteiger partial charge is 0.317 e. The highest BCUT2D eigenvalue weighted by Gasteiger charge is 2.31. The Morgan fingerprint density at radius 2 is 2.20 bits per heavy atom. The first-order chi connectivity index (χ1) is 9.40. The van der Waals surface area contributed by atoms with Crippen LogP contribution in [-0.2, 0) is 11.3 Å². The van der Waals surface area contributed by atoms with Gasteiger partial charge in [0, 0.05) is 29.9 Å². The van der Waals surface area contributed by atoms with E-state index in [2.05, 4.69) is 4.98 Å². The van der Waals surface area contributed by atoms with E-state index in [0.29, 0.717) is 23.4 Å². The number of nitrogens with zero attached hydrogens (tertiary/aromatic N) is 3. The summed E-state index contributed by atoms with van der Waals surface area (Å²) in [5.74, 6) is -0.892. The monoisotopic (exact) mass is 279 g/mol. The summed E-state index contributed by atoms with van der Waals surface area (Å²) in [6.07, 6.45) is 3.42. The lowest BCUT2D eigenvalue weighted by molar-refractivity contribution is -0.386. The summed E-state index contributed by atoms with van der Waals surface area (Å²) in [5, 5.41) is 20.0. The van der Waals surface area contributed by atoms with Crippen molar-refractivity contribution < 1.29 is 14.8 Å². The van der Waals surface area contributed by atoms with Crippen molar-refractivity contribution in [1.29, 1.82) is 0 Å². The van der Waals surface area contributed by atoms with E-state index in [9.17, 15) is 14.9 Å². The van der Waals surface area contributed by atoms with Gasteiger partial charge in [0.05, 0.1) is 17.2 Å². The largest absolute Gasteiger partial charge is 0.480 e. The maximum absolute atomic E-state index is 11.1. The lowest BCUT2D eigenvalue weighted by atomic mass is 10.1. The van der Waals surface area contributed by atoms with E-state index < -0.39 is 10.9 Å². The van der Waals surface area contributed by atoms with E-state index in [0.717, 1.165) is 12.8 Å². The average molecular weight is 279 g/mol. The van der Waals surface area contributed by atoms with Gasteiger partial charge in [0.2, 0.25) is 0 Å². The zero-order chi connectivity index (χ0) is 14.9. The number of pyridine rings is 1. The van der Waals surface area contributed by atoms with Gasteiger partial charge >= 0.3 is 5.97 Å². The van der Waals surface area contributed by atoms with Crippen LogP contribution in [-0.4, -0.2) is 38.5 Å². The quantitative estimate of drug-likeness (QED) is 0.628. The Kier molecular flexibility index (Phi) is 3.99. The molecule has 0 saturated heterocycles. The molecule has 0 spiro atoms. The first-order valence-electron chi connectivity index (χ1n) is 6.45. The molecule has 0 aromatic carbocycles. The van der Waals surface area contributed by atoms with E-state index in [-0.39, 0.29) is 18.3 Å². The maximum atomic E-state index is 11.1. The molecule has 7 heteroatoms. The van der Waals surface area contributed by atoms with Gasteiger partial charge in [-0.25, -0.2) is 0 Å². The highest BCUT2D eigenvalue weighted by molar-refractivity contribution is 5.69. The molecule has 0 amide bonds. The van der Waals surface area contributed by atoms with E-state index in [4.69, 9.17) is 5.11 Å². The van der Waals surface area contributed by atoms with Crippen LogP contribution in [0.1, 0.15) is 29.7 Å². The van der Waals surface area contributed by atoms with Gasteiger partial charge in [-0.2, -0.15) is 0 Å². The molecule has 108 valence electrons. The Morgan fingerprint density at radius 1 is 1.55 bits per heavy atom. The number of rotatable bonds is 6. The van der Waals surface area contributed by atoms with Gasteiger partial charge in [-0.3, -0.25) is 24.8 Å². The third-order valence-electron chi connectivity index (χ3n) is 3.51. The number of carboxylic acid groups (broad SMARTS) is 1. The summed E-state index contributed by atoms with van der Waals surface area (Å²) in [6.45, 7) is 3.59. The summed E-state index contributed by atoms with van der Waals surface area (Å²) in [5.41, 5.74) is 1.69. The molecule has 0 bridgehead atoms. The van der Waals surface area contributed by atoms with Gasteiger partial charge in [-0.1, -0.05) is 0 Å². The fourth-order valence-corrected chi connectivity index (χ4v) is 2.33. The Morgan fingerprint density at radius 3 is 2.70 bits per heavy atom. The molecular formula is C13H17N3O4. The van der Waals surface area contributed by atoms with Crippen LogP contribution in [0.5, 0.6) is 0 Å². The molecule has 1 fully saturated rings. The predicted molar refractivity (Wildman–Crippen MR) is 71.4 cm³/mol. The van der Waals surface area contributed by atoms with Gasteiger partial charge in [0.25, 0.3) is 5.69 Å². The van der Waals surface area contributed by atoms with Crippen LogP contribution < -0.4 is 0 Å². The van der Waals surface area contributed by atoms with Gasteiger partial charge in [-0.05, 0) is 26.7 Å². The molecule has 1 aliphatic carbocycles. The second-order valence-electron chi connectivity index (χ2n) is 5.15. The van der Waals surface area contributed by atoms with E-state index in [1.807, 2.05) is 4.90 Å². The zero-order valence-electron chi connectivity index (χ0n) is 11.5. The third-order valence-corrected chi connectivity index (χ3v) is 3.51. The molecule has 20 heavy (non-hydrogen) atoms. The summed E-state index contributed by atoms with van der Waals surface area (Å²) < 4.78 is 0. The third kappa shape index (κ3) is 3.11. The first-order valence-corrected chi connectivity index (χ1v) is 6.45. The molecule has 7 nitrogen and oxygen atoms in total. The summed E-state index contributed by atoms with van der Waals surface area (Å²) in [6, 6.07) is 0.257. The van der Waals surface area contributed by atoms with Crippen molar-refractivity contribution in [1.82, 2.24) is 9.88 Å². The summed E-state index contributed by atoms with van der Waals surface area (Å²) in [4.78, 5) is 27.6. The summed E-state index contributed by atoms with van der Waals surface area (Å²) >= 11 is 0. The molecule has 1 aromatic rings. The fraction of sp³-hybridized carbons (Fsp3) is 0.538. The van der Waals surface area contributed by atoms with E-state index in [1.54, 1.807) is 13.8 Å². The average Bonchev–Trinajstić information content (AvgIpc) is 3.14. The normalized spacial score (nSPS) is 14.6. The second-order valence-corrected chi connectivity index (χ2v) is 5.15. The van der Waals surface area contributed by atoms with Crippen molar-refractivity contribution in [3.8, 4) is 0 Å². The SMILES string of the molecule is Cc1cnc(CN(CC(=O)O)C2CC2)c(C)c1[N+](=O)[O-]. The first kappa shape index (κ1) is 14.4. The molecular weight excluding hydrogens is 262 g/mol. The maximum Gasteiger partial charge on any atom is 0.317 e.